The summed E-state index contributed by atoms with van der Waals surface area (Å²) in [6.07, 6.45) is -4.14. The Morgan fingerprint density at radius 3 is 2.52 bits per heavy atom. The Balaban J connectivity index is 1.70. The number of rotatable bonds is 8. The van der Waals surface area contributed by atoms with Crippen molar-refractivity contribution in [3.05, 3.63) is 65.6 Å². The van der Waals surface area contributed by atoms with Gasteiger partial charge in [0.25, 0.3) is 5.91 Å². The average molecular weight is 591 g/mol. The first-order chi connectivity index (χ1) is 19.7. The number of benzene rings is 2. The highest BCUT2D eigenvalue weighted by Gasteiger charge is 2.32. The lowest BCUT2D eigenvalue weighted by Crippen LogP contribution is -2.26. The third kappa shape index (κ3) is 6.59. The number of aryl methyl sites for hydroxylation is 1. The zero-order chi connectivity index (χ0) is 30.8. The number of nitrogens with zero attached hydrogens (tertiary/aromatic N) is 6. The van der Waals surface area contributed by atoms with E-state index in [4.69, 9.17) is 4.74 Å². The molecular weight excluding hydrogens is 569 g/mol. The molecule has 0 radical (unpaired) electrons. The number of aliphatic imine (C=N–C) groups is 1. The summed E-state index contributed by atoms with van der Waals surface area (Å²) in [5, 5.41) is 6.37. The van der Waals surface area contributed by atoms with Gasteiger partial charge in [0.2, 0.25) is 6.10 Å². The molecule has 0 spiro atoms. The van der Waals surface area contributed by atoms with Crippen LogP contribution < -0.4 is 10.1 Å². The van der Waals surface area contributed by atoms with E-state index in [1.165, 1.54) is 18.7 Å². The molecule has 0 bridgehead atoms. The van der Waals surface area contributed by atoms with Gasteiger partial charge in [0.15, 0.2) is 17.5 Å². The number of hydrogen-bond acceptors (Lipinski definition) is 8. The predicted octanol–water partition coefficient (Wildman–Crippen LogP) is 4.77. The highest BCUT2D eigenvalue weighted by atomic mass is 19.4. The number of ether oxygens (including phenoxy) is 2. The molecule has 2 aromatic heterocycles. The molecule has 1 atom stereocenters. The van der Waals surface area contributed by atoms with Gasteiger partial charge in [0.05, 0.1) is 17.7 Å². The fourth-order valence-electron chi connectivity index (χ4n) is 3.83. The Hall–Kier alpha value is -5.15. The van der Waals surface area contributed by atoms with Crippen molar-refractivity contribution in [2.75, 3.05) is 19.4 Å². The zero-order valence-electron chi connectivity index (χ0n) is 22.4. The second kappa shape index (κ2) is 11.8. The molecule has 0 aliphatic rings. The van der Waals surface area contributed by atoms with E-state index >= 15 is 8.78 Å². The summed E-state index contributed by atoms with van der Waals surface area (Å²) in [5.74, 6) is -5.59. The number of hydrogen-bond donors (Lipinski definition) is 1. The smallest absolute Gasteiger partial charge is 0.447 e. The van der Waals surface area contributed by atoms with E-state index in [0.29, 0.717) is 11.2 Å². The van der Waals surface area contributed by atoms with Gasteiger partial charge in [0, 0.05) is 26.6 Å². The van der Waals surface area contributed by atoms with Crippen molar-refractivity contribution in [3.63, 3.8) is 0 Å². The van der Waals surface area contributed by atoms with Crippen molar-refractivity contribution in [3.8, 4) is 11.4 Å². The highest BCUT2D eigenvalue weighted by molar-refractivity contribution is 5.96. The Labute approximate surface area is 234 Å². The monoisotopic (exact) mass is 591 g/mol. The third-order valence-corrected chi connectivity index (χ3v) is 5.48. The molecule has 4 aromatic rings. The number of carbonyl (C=O) groups excluding carboxylic acids is 2. The topological polar surface area (TPSA) is 124 Å². The number of halogens is 5. The maximum absolute atomic E-state index is 15.4. The van der Waals surface area contributed by atoms with Crippen molar-refractivity contribution in [2.24, 2.45) is 4.99 Å². The lowest BCUT2D eigenvalue weighted by atomic mass is 10.1. The lowest BCUT2D eigenvalue weighted by molar-refractivity contribution is -0.274. The number of alkyl halides is 3. The summed E-state index contributed by atoms with van der Waals surface area (Å²) >= 11 is 0. The Bertz CT molecular complexity index is 1690. The lowest BCUT2D eigenvalue weighted by Gasteiger charge is -2.19. The number of nitrogens with one attached hydrogen (secondary N) is 1. The predicted molar refractivity (Wildman–Crippen MR) is 139 cm³/mol. The van der Waals surface area contributed by atoms with Crippen LogP contribution in [0.25, 0.3) is 16.7 Å². The molecule has 0 saturated carbocycles. The van der Waals surface area contributed by atoms with E-state index in [1.54, 1.807) is 25.9 Å². The molecular formula is C26H22F5N7O4. The Morgan fingerprint density at radius 2 is 1.86 bits per heavy atom. The van der Waals surface area contributed by atoms with Crippen molar-refractivity contribution >= 4 is 40.8 Å². The molecule has 0 saturated heterocycles. The second-order valence-corrected chi connectivity index (χ2v) is 8.96. The molecule has 42 heavy (non-hydrogen) atoms. The molecule has 1 unspecified atom stereocenters. The molecule has 2 aromatic carbocycles. The first-order valence-corrected chi connectivity index (χ1v) is 12.0. The van der Waals surface area contributed by atoms with E-state index in [2.05, 4.69) is 30.1 Å². The summed E-state index contributed by atoms with van der Waals surface area (Å²) in [7, 11) is 3.46. The maximum Gasteiger partial charge on any atom is 0.573 e. The van der Waals surface area contributed by atoms with Crippen LogP contribution >= 0.6 is 0 Å². The third-order valence-electron chi connectivity index (χ3n) is 5.48. The molecule has 16 heteroatoms. The van der Waals surface area contributed by atoms with E-state index in [0.717, 1.165) is 41.9 Å². The molecule has 2 heterocycles. The number of anilines is 1. The second-order valence-electron chi connectivity index (χ2n) is 8.96. The van der Waals surface area contributed by atoms with Crippen molar-refractivity contribution < 1.29 is 41.0 Å². The summed E-state index contributed by atoms with van der Waals surface area (Å²) in [4.78, 5) is 38.8. The van der Waals surface area contributed by atoms with Gasteiger partial charge in [0.1, 0.15) is 28.8 Å². The minimum absolute atomic E-state index is 0.132. The molecule has 220 valence electrons. The highest BCUT2D eigenvalue weighted by Crippen LogP contribution is 2.32. The molecule has 4 rings (SSSR count). The minimum Gasteiger partial charge on any atom is -0.447 e. The largest absolute Gasteiger partial charge is 0.573 e. The van der Waals surface area contributed by atoms with Gasteiger partial charge in [-0.25, -0.2) is 28.4 Å². The molecule has 0 fully saturated rings. The van der Waals surface area contributed by atoms with Crippen LogP contribution in [0.3, 0.4) is 0 Å². The molecule has 0 aliphatic heterocycles. The van der Waals surface area contributed by atoms with Crippen LogP contribution in [-0.2, 0) is 14.3 Å². The summed E-state index contributed by atoms with van der Waals surface area (Å²) in [5.41, 5.74) is -0.296. The van der Waals surface area contributed by atoms with Crippen LogP contribution in [-0.4, -0.2) is 63.3 Å². The van der Waals surface area contributed by atoms with Crippen molar-refractivity contribution in [1.82, 2.24) is 24.6 Å². The average Bonchev–Trinajstić information content (AvgIpc) is 3.24. The minimum atomic E-state index is -5.02. The molecule has 0 aliphatic carbocycles. The summed E-state index contributed by atoms with van der Waals surface area (Å²) in [6.45, 7) is 2.57. The van der Waals surface area contributed by atoms with Crippen LogP contribution in [0.5, 0.6) is 5.75 Å². The van der Waals surface area contributed by atoms with Gasteiger partial charge in [-0.3, -0.25) is 9.59 Å². The van der Waals surface area contributed by atoms with Gasteiger partial charge in [-0.2, -0.15) is 5.10 Å². The van der Waals surface area contributed by atoms with Crippen molar-refractivity contribution in [2.45, 2.75) is 26.3 Å². The number of amides is 1. The first kappa shape index (κ1) is 29.8. The maximum atomic E-state index is 15.4. The van der Waals surface area contributed by atoms with Gasteiger partial charge in [-0.1, -0.05) is 12.1 Å². The molecule has 11 nitrogen and oxygen atoms in total. The zero-order valence-corrected chi connectivity index (χ0v) is 22.4. The van der Waals surface area contributed by atoms with Crippen LogP contribution in [0.4, 0.5) is 33.5 Å². The quantitative estimate of drug-likeness (QED) is 0.135. The van der Waals surface area contributed by atoms with E-state index in [9.17, 15) is 22.8 Å². The summed E-state index contributed by atoms with van der Waals surface area (Å²) in [6, 6.07) is 6.28. The van der Waals surface area contributed by atoms with E-state index in [-0.39, 0.29) is 22.6 Å². The number of aromatic nitrogens is 4. The van der Waals surface area contributed by atoms with Crippen molar-refractivity contribution in [1.29, 1.82) is 0 Å². The summed E-state index contributed by atoms with van der Waals surface area (Å²) < 4.78 is 78.6. The SMILES string of the molecule is CC(=O)OC(C(=O)Nc1ccc(-n2nc(C)c3ncnc(N=CN(C)C)c32)c(F)c1F)c1cccc(OC(F)(F)F)c1. The van der Waals surface area contributed by atoms with Crippen LogP contribution in [0.15, 0.2) is 47.7 Å². The Morgan fingerprint density at radius 1 is 1.12 bits per heavy atom. The van der Waals surface area contributed by atoms with Gasteiger partial charge in [-0.05, 0) is 31.2 Å². The number of fused-ring (bicyclic) bond motifs is 1. The standard InChI is InChI=1S/C26H22F5N7O4/c1-13-21-22(24(33-11-32-21)34-12-37(3)4)38(36-13)18-9-8-17(19(27)20(18)28)35-25(40)23(41-14(2)39)15-6-5-7-16(10-15)42-26(29,30)31/h5-12,23H,1-4H3,(H,35,40). The van der Waals surface area contributed by atoms with Crippen LogP contribution in [0.2, 0.25) is 0 Å². The normalized spacial score (nSPS) is 12.4. The number of esters is 1. The van der Waals surface area contributed by atoms with Crippen LogP contribution in [0, 0.1) is 18.6 Å². The van der Waals surface area contributed by atoms with Gasteiger partial charge in [-0.15, -0.1) is 13.2 Å². The fourth-order valence-corrected chi connectivity index (χ4v) is 3.83. The van der Waals surface area contributed by atoms with E-state index in [1.807, 2.05) is 0 Å². The molecule has 1 amide bonds. The fraction of sp³-hybridized carbons (Fsp3) is 0.231. The first-order valence-electron chi connectivity index (χ1n) is 12.0. The number of carbonyl (C=O) groups is 2. The Kier molecular flexibility index (Phi) is 8.35. The van der Waals surface area contributed by atoms with Gasteiger partial charge < -0.3 is 19.7 Å². The molecule has 1 N–H and O–H groups in total. The van der Waals surface area contributed by atoms with E-state index < -0.39 is 47.4 Å². The van der Waals surface area contributed by atoms with Crippen LogP contribution in [0.1, 0.15) is 24.3 Å². The van der Waals surface area contributed by atoms with Gasteiger partial charge >= 0.3 is 12.3 Å².